The molecule has 0 bridgehead atoms. The van der Waals surface area contributed by atoms with Gasteiger partial charge in [-0.3, -0.25) is 0 Å². The van der Waals surface area contributed by atoms with Gasteiger partial charge in [0.2, 0.25) is 0 Å². The quantitative estimate of drug-likeness (QED) is 0.246. The number of ether oxygens (including phenoxy) is 2. The van der Waals surface area contributed by atoms with Crippen LogP contribution in [0.25, 0.3) is 0 Å². The standard InChI is InChI=1S/C11H22N2O3/c1-8-6-10(7-9(2)16-8)15-5-3-4-11(12)13-14/h8-10,14H,3-7H2,1-2H3,(H2,12,13). The zero-order valence-electron chi connectivity index (χ0n) is 10.1. The Balaban J connectivity index is 2.12. The molecule has 1 saturated heterocycles. The van der Waals surface area contributed by atoms with Crippen LogP contribution in [0.1, 0.15) is 39.5 Å². The molecule has 5 nitrogen and oxygen atoms in total. The second-order valence-corrected chi connectivity index (χ2v) is 4.42. The minimum Gasteiger partial charge on any atom is -0.409 e. The number of oxime groups is 1. The van der Waals surface area contributed by atoms with Gasteiger partial charge in [-0.25, -0.2) is 0 Å². The smallest absolute Gasteiger partial charge is 0.139 e. The molecule has 0 aromatic rings. The molecule has 1 aliphatic rings. The maximum atomic E-state index is 8.36. The molecule has 1 rings (SSSR count). The highest BCUT2D eigenvalue weighted by molar-refractivity contribution is 5.79. The van der Waals surface area contributed by atoms with Gasteiger partial charge < -0.3 is 20.4 Å². The molecule has 1 aliphatic heterocycles. The fourth-order valence-corrected chi connectivity index (χ4v) is 2.03. The van der Waals surface area contributed by atoms with E-state index in [1.807, 2.05) is 0 Å². The van der Waals surface area contributed by atoms with Crippen molar-refractivity contribution in [3.8, 4) is 0 Å². The van der Waals surface area contributed by atoms with E-state index in [0.29, 0.717) is 13.0 Å². The van der Waals surface area contributed by atoms with Crippen molar-refractivity contribution in [1.29, 1.82) is 0 Å². The summed E-state index contributed by atoms with van der Waals surface area (Å²) >= 11 is 0. The van der Waals surface area contributed by atoms with Crippen molar-refractivity contribution in [2.24, 2.45) is 10.9 Å². The van der Waals surface area contributed by atoms with Crippen LogP contribution in [0.3, 0.4) is 0 Å². The van der Waals surface area contributed by atoms with E-state index in [1.165, 1.54) is 0 Å². The summed E-state index contributed by atoms with van der Waals surface area (Å²) < 4.78 is 11.4. The highest BCUT2D eigenvalue weighted by atomic mass is 16.5. The van der Waals surface area contributed by atoms with Gasteiger partial charge in [0.15, 0.2) is 0 Å². The minimum atomic E-state index is 0.261. The van der Waals surface area contributed by atoms with Gasteiger partial charge in [-0.2, -0.15) is 0 Å². The Kier molecular flexibility index (Phi) is 5.55. The number of nitrogens with zero attached hydrogens (tertiary/aromatic N) is 1. The first kappa shape index (κ1) is 13.3. The van der Waals surface area contributed by atoms with E-state index in [0.717, 1.165) is 19.3 Å². The van der Waals surface area contributed by atoms with Gasteiger partial charge in [0.1, 0.15) is 5.84 Å². The lowest BCUT2D eigenvalue weighted by Crippen LogP contribution is -2.34. The lowest BCUT2D eigenvalue weighted by molar-refractivity contribution is -0.102. The summed E-state index contributed by atoms with van der Waals surface area (Å²) in [5, 5.41) is 11.3. The summed E-state index contributed by atoms with van der Waals surface area (Å²) in [5.41, 5.74) is 5.36. The molecule has 2 atom stereocenters. The van der Waals surface area contributed by atoms with Crippen molar-refractivity contribution in [2.45, 2.75) is 57.8 Å². The Bertz CT molecular complexity index is 223. The Hall–Kier alpha value is -0.810. The van der Waals surface area contributed by atoms with Crippen molar-refractivity contribution < 1.29 is 14.7 Å². The predicted octanol–water partition coefficient (Wildman–Crippen LogP) is 1.49. The molecule has 3 N–H and O–H groups in total. The van der Waals surface area contributed by atoms with E-state index in [-0.39, 0.29) is 24.1 Å². The summed E-state index contributed by atoms with van der Waals surface area (Å²) in [6, 6.07) is 0. The normalized spacial score (nSPS) is 31.6. The van der Waals surface area contributed by atoms with Crippen LogP contribution in [0, 0.1) is 0 Å². The second kappa shape index (κ2) is 6.70. The molecule has 94 valence electrons. The van der Waals surface area contributed by atoms with Crippen LogP contribution in [-0.4, -0.2) is 36.0 Å². The molecule has 16 heavy (non-hydrogen) atoms. The average molecular weight is 230 g/mol. The third-order valence-corrected chi connectivity index (χ3v) is 2.71. The van der Waals surface area contributed by atoms with Gasteiger partial charge >= 0.3 is 0 Å². The monoisotopic (exact) mass is 230 g/mol. The molecule has 0 saturated carbocycles. The van der Waals surface area contributed by atoms with Gasteiger partial charge in [0.05, 0.1) is 18.3 Å². The number of nitrogens with two attached hydrogens (primary N) is 1. The summed E-state index contributed by atoms with van der Waals surface area (Å²) in [4.78, 5) is 0. The molecular weight excluding hydrogens is 208 g/mol. The topological polar surface area (TPSA) is 77.1 Å². The highest BCUT2D eigenvalue weighted by Crippen LogP contribution is 2.21. The Morgan fingerprint density at radius 2 is 2.06 bits per heavy atom. The summed E-state index contributed by atoms with van der Waals surface area (Å²) in [7, 11) is 0. The van der Waals surface area contributed by atoms with Gasteiger partial charge in [0, 0.05) is 13.0 Å². The van der Waals surface area contributed by atoms with E-state index >= 15 is 0 Å². The first-order valence-corrected chi connectivity index (χ1v) is 5.85. The molecule has 1 fully saturated rings. The fraction of sp³-hybridized carbons (Fsp3) is 0.909. The zero-order valence-corrected chi connectivity index (χ0v) is 10.1. The molecule has 1 heterocycles. The summed E-state index contributed by atoms with van der Waals surface area (Å²) in [6.07, 6.45) is 4.10. The lowest BCUT2D eigenvalue weighted by Gasteiger charge is -2.31. The molecule has 0 spiro atoms. The van der Waals surface area contributed by atoms with Crippen molar-refractivity contribution in [3.63, 3.8) is 0 Å². The fourth-order valence-electron chi connectivity index (χ4n) is 2.03. The average Bonchev–Trinajstić information content (AvgIpc) is 2.22. The van der Waals surface area contributed by atoms with Crippen molar-refractivity contribution in [1.82, 2.24) is 0 Å². The first-order chi connectivity index (χ1) is 7.61. The zero-order chi connectivity index (χ0) is 12.0. The minimum absolute atomic E-state index is 0.261. The second-order valence-electron chi connectivity index (χ2n) is 4.42. The first-order valence-electron chi connectivity index (χ1n) is 5.85. The van der Waals surface area contributed by atoms with Crippen LogP contribution in [-0.2, 0) is 9.47 Å². The number of rotatable bonds is 5. The van der Waals surface area contributed by atoms with E-state index < -0.39 is 0 Å². The molecule has 5 heteroatoms. The molecule has 0 radical (unpaired) electrons. The van der Waals surface area contributed by atoms with Gasteiger partial charge in [-0.1, -0.05) is 5.16 Å². The molecule has 0 aromatic heterocycles. The van der Waals surface area contributed by atoms with E-state index in [9.17, 15) is 0 Å². The Morgan fingerprint density at radius 1 is 1.44 bits per heavy atom. The maximum absolute atomic E-state index is 8.36. The molecule has 2 unspecified atom stereocenters. The largest absolute Gasteiger partial charge is 0.409 e. The number of hydrogen-bond acceptors (Lipinski definition) is 4. The summed E-state index contributed by atoms with van der Waals surface area (Å²) in [6.45, 7) is 4.80. The van der Waals surface area contributed by atoms with Crippen LogP contribution in [0.5, 0.6) is 0 Å². The Morgan fingerprint density at radius 3 is 2.62 bits per heavy atom. The Labute approximate surface area is 96.6 Å². The van der Waals surface area contributed by atoms with Crippen LogP contribution >= 0.6 is 0 Å². The third kappa shape index (κ3) is 4.81. The SMILES string of the molecule is CC1CC(OCCCC(N)=NO)CC(C)O1. The maximum Gasteiger partial charge on any atom is 0.139 e. The predicted molar refractivity (Wildman–Crippen MR) is 61.6 cm³/mol. The number of hydrogen-bond donors (Lipinski definition) is 2. The molecule has 0 amide bonds. The van der Waals surface area contributed by atoms with Gasteiger partial charge in [-0.05, 0) is 33.1 Å². The molecule has 0 aliphatic carbocycles. The van der Waals surface area contributed by atoms with Crippen molar-refractivity contribution >= 4 is 5.84 Å². The van der Waals surface area contributed by atoms with E-state index in [2.05, 4.69) is 19.0 Å². The van der Waals surface area contributed by atoms with Crippen molar-refractivity contribution in [3.05, 3.63) is 0 Å². The van der Waals surface area contributed by atoms with Crippen LogP contribution in [0.15, 0.2) is 5.16 Å². The van der Waals surface area contributed by atoms with Gasteiger partial charge in [-0.15, -0.1) is 0 Å². The highest BCUT2D eigenvalue weighted by Gasteiger charge is 2.24. The third-order valence-electron chi connectivity index (χ3n) is 2.71. The van der Waals surface area contributed by atoms with Crippen LogP contribution < -0.4 is 5.73 Å². The van der Waals surface area contributed by atoms with Crippen molar-refractivity contribution in [2.75, 3.05) is 6.61 Å². The van der Waals surface area contributed by atoms with Crippen LogP contribution in [0.4, 0.5) is 0 Å². The molecular formula is C11H22N2O3. The summed E-state index contributed by atoms with van der Waals surface area (Å²) in [5.74, 6) is 0.261. The van der Waals surface area contributed by atoms with Gasteiger partial charge in [0.25, 0.3) is 0 Å². The van der Waals surface area contributed by atoms with Crippen LogP contribution in [0.2, 0.25) is 0 Å². The van der Waals surface area contributed by atoms with E-state index in [4.69, 9.17) is 20.4 Å². The lowest BCUT2D eigenvalue weighted by atomic mass is 10.0. The molecule has 0 aromatic carbocycles. The number of amidine groups is 1. The van der Waals surface area contributed by atoms with E-state index in [1.54, 1.807) is 0 Å².